The highest BCUT2D eigenvalue weighted by molar-refractivity contribution is 6.00. The lowest BCUT2D eigenvalue weighted by Crippen LogP contribution is -2.48. The SMILES string of the molecule is CCNc1cc(C(=O)N[C@@H](Cc2ccccc2)[C@H](O)CNC/C=C/c2ccc(F)cc2)cc(N2CCCC2=O)c1. The zero-order chi connectivity index (χ0) is 28.3. The van der Waals surface area contributed by atoms with Crippen LogP contribution in [-0.2, 0) is 11.2 Å². The van der Waals surface area contributed by atoms with E-state index in [9.17, 15) is 19.1 Å². The zero-order valence-corrected chi connectivity index (χ0v) is 22.8. The minimum absolute atomic E-state index is 0.0527. The molecule has 0 aromatic heterocycles. The number of benzene rings is 3. The normalized spacial score (nSPS) is 14.9. The van der Waals surface area contributed by atoms with Gasteiger partial charge in [-0.15, -0.1) is 0 Å². The first kappa shape index (κ1) is 29.0. The molecule has 7 nitrogen and oxygen atoms in total. The standard InChI is InChI=1S/C32H37FN4O3/c1-2-35-27-19-25(20-28(21-27)37-17-7-11-31(37)39)32(40)36-29(18-24-8-4-3-5-9-24)30(38)22-34-16-6-10-23-12-14-26(33)15-13-23/h3-6,8-10,12-15,19-21,29-30,34-35,38H,2,7,11,16-18,22H2,1H3,(H,36,40)/b10-6+/t29-,30+/m0/s1. The van der Waals surface area contributed by atoms with Crippen LogP contribution in [0.2, 0.25) is 0 Å². The first-order valence-electron chi connectivity index (χ1n) is 13.8. The molecule has 3 aromatic rings. The van der Waals surface area contributed by atoms with Crippen LogP contribution >= 0.6 is 0 Å². The van der Waals surface area contributed by atoms with Gasteiger partial charge in [0.05, 0.1) is 12.1 Å². The van der Waals surface area contributed by atoms with E-state index in [1.807, 2.05) is 55.5 Å². The molecule has 210 valence electrons. The first-order chi connectivity index (χ1) is 19.4. The number of rotatable bonds is 13. The van der Waals surface area contributed by atoms with Crippen molar-refractivity contribution in [1.29, 1.82) is 0 Å². The van der Waals surface area contributed by atoms with Gasteiger partial charge in [-0.3, -0.25) is 9.59 Å². The van der Waals surface area contributed by atoms with Crippen molar-refractivity contribution in [3.63, 3.8) is 0 Å². The summed E-state index contributed by atoms with van der Waals surface area (Å²) in [6, 6.07) is 20.8. The van der Waals surface area contributed by atoms with Crippen LogP contribution in [0.15, 0.2) is 78.9 Å². The Balaban J connectivity index is 1.45. The van der Waals surface area contributed by atoms with Gasteiger partial charge in [0.15, 0.2) is 0 Å². The van der Waals surface area contributed by atoms with Gasteiger partial charge in [-0.05, 0) is 61.2 Å². The molecule has 4 N–H and O–H groups in total. The Bertz CT molecular complexity index is 1300. The number of nitrogens with one attached hydrogen (secondary N) is 3. The van der Waals surface area contributed by atoms with E-state index in [2.05, 4.69) is 16.0 Å². The van der Waals surface area contributed by atoms with Crippen molar-refractivity contribution < 1.29 is 19.1 Å². The number of aliphatic hydroxyl groups excluding tert-OH is 1. The van der Waals surface area contributed by atoms with Crippen molar-refractivity contribution in [2.24, 2.45) is 0 Å². The number of halogens is 1. The lowest BCUT2D eigenvalue weighted by molar-refractivity contribution is -0.117. The predicted molar refractivity (Wildman–Crippen MR) is 158 cm³/mol. The zero-order valence-electron chi connectivity index (χ0n) is 22.8. The Hall–Kier alpha value is -4.01. The van der Waals surface area contributed by atoms with Gasteiger partial charge in [0.2, 0.25) is 5.91 Å². The molecule has 2 amide bonds. The maximum Gasteiger partial charge on any atom is 0.251 e. The van der Waals surface area contributed by atoms with E-state index < -0.39 is 12.1 Å². The summed E-state index contributed by atoms with van der Waals surface area (Å²) >= 11 is 0. The van der Waals surface area contributed by atoms with Gasteiger partial charge in [0.25, 0.3) is 5.91 Å². The molecule has 2 atom stereocenters. The highest BCUT2D eigenvalue weighted by Gasteiger charge is 2.25. The summed E-state index contributed by atoms with van der Waals surface area (Å²) < 4.78 is 13.1. The second kappa shape index (κ2) is 14.4. The molecule has 1 fully saturated rings. The summed E-state index contributed by atoms with van der Waals surface area (Å²) in [5.74, 6) is -0.542. The highest BCUT2D eigenvalue weighted by Crippen LogP contribution is 2.27. The number of nitrogens with zero attached hydrogens (tertiary/aromatic N) is 1. The van der Waals surface area contributed by atoms with Gasteiger partial charge in [0.1, 0.15) is 5.82 Å². The van der Waals surface area contributed by atoms with Crippen LogP contribution in [0.25, 0.3) is 6.08 Å². The van der Waals surface area contributed by atoms with Gasteiger partial charge in [-0.1, -0.05) is 54.6 Å². The summed E-state index contributed by atoms with van der Waals surface area (Å²) in [5, 5.41) is 20.6. The Morgan fingerprint density at radius 1 is 1.10 bits per heavy atom. The van der Waals surface area contributed by atoms with E-state index in [1.54, 1.807) is 29.2 Å². The Labute approximate surface area is 235 Å². The van der Waals surface area contributed by atoms with Crippen LogP contribution < -0.4 is 20.9 Å². The lowest BCUT2D eigenvalue weighted by Gasteiger charge is -2.25. The third kappa shape index (κ3) is 8.24. The Morgan fingerprint density at radius 3 is 2.58 bits per heavy atom. The van der Waals surface area contributed by atoms with E-state index in [0.29, 0.717) is 43.7 Å². The molecule has 0 bridgehead atoms. The first-order valence-corrected chi connectivity index (χ1v) is 13.8. The maximum atomic E-state index is 13.5. The fourth-order valence-electron chi connectivity index (χ4n) is 4.75. The number of anilines is 2. The molecule has 0 spiro atoms. The van der Waals surface area contributed by atoms with E-state index in [0.717, 1.165) is 23.2 Å². The van der Waals surface area contributed by atoms with E-state index >= 15 is 0 Å². The number of hydrogen-bond donors (Lipinski definition) is 4. The van der Waals surface area contributed by atoms with Gasteiger partial charge in [0, 0.05) is 49.5 Å². The quantitative estimate of drug-likeness (QED) is 0.240. The number of hydrogen-bond acceptors (Lipinski definition) is 5. The second-order valence-corrected chi connectivity index (χ2v) is 9.90. The summed E-state index contributed by atoms with van der Waals surface area (Å²) in [5.41, 5.74) is 3.76. The number of amides is 2. The Morgan fingerprint density at radius 2 is 1.88 bits per heavy atom. The molecule has 1 aliphatic heterocycles. The van der Waals surface area contributed by atoms with Crippen molar-refractivity contribution in [3.05, 3.63) is 101 Å². The molecule has 8 heteroatoms. The molecule has 1 saturated heterocycles. The molecule has 3 aromatic carbocycles. The smallest absolute Gasteiger partial charge is 0.251 e. The molecule has 0 saturated carbocycles. The second-order valence-electron chi connectivity index (χ2n) is 9.90. The predicted octanol–water partition coefficient (Wildman–Crippen LogP) is 4.39. The van der Waals surface area contributed by atoms with E-state index in [1.165, 1.54) is 12.1 Å². The van der Waals surface area contributed by atoms with Crippen molar-refractivity contribution in [2.75, 3.05) is 36.4 Å². The average molecular weight is 545 g/mol. The van der Waals surface area contributed by atoms with Gasteiger partial charge in [-0.2, -0.15) is 0 Å². The summed E-state index contributed by atoms with van der Waals surface area (Å²) in [7, 11) is 0. The molecular weight excluding hydrogens is 507 g/mol. The van der Waals surface area contributed by atoms with Crippen LogP contribution in [0.3, 0.4) is 0 Å². The molecule has 0 unspecified atom stereocenters. The maximum absolute atomic E-state index is 13.5. The third-order valence-corrected chi connectivity index (χ3v) is 6.82. The van der Waals surface area contributed by atoms with Crippen molar-refractivity contribution in [1.82, 2.24) is 10.6 Å². The molecule has 1 aliphatic rings. The fraction of sp³-hybridized carbons (Fsp3) is 0.312. The van der Waals surface area contributed by atoms with Crippen LogP contribution in [0.1, 0.15) is 41.3 Å². The van der Waals surface area contributed by atoms with Crippen molar-refractivity contribution >= 4 is 29.3 Å². The molecule has 40 heavy (non-hydrogen) atoms. The van der Waals surface area contributed by atoms with Crippen LogP contribution in [0.4, 0.5) is 15.8 Å². The average Bonchev–Trinajstić information content (AvgIpc) is 3.39. The minimum atomic E-state index is -0.861. The lowest BCUT2D eigenvalue weighted by atomic mass is 10.00. The fourth-order valence-corrected chi connectivity index (χ4v) is 4.75. The topological polar surface area (TPSA) is 93.7 Å². The molecule has 0 radical (unpaired) electrons. The molecular formula is C32H37FN4O3. The summed E-state index contributed by atoms with van der Waals surface area (Å²) in [4.78, 5) is 27.6. The van der Waals surface area contributed by atoms with Crippen LogP contribution in [-0.4, -0.2) is 55.2 Å². The van der Waals surface area contributed by atoms with E-state index in [-0.39, 0.29) is 24.2 Å². The van der Waals surface area contributed by atoms with Gasteiger partial charge >= 0.3 is 0 Å². The van der Waals surface area contributed by atoms with Crippen LogP contribution in [0.5, 0.6) is 0 Å². The third-order valence-electron chi connectivity index (χ3n) is 6.82. The number of carbonyl (C=O) groups excluding carboxylic acids is 2. The highest BCUT2D eigenvalue weighted by atomic mass is 19.1. The number of aliphatic hydroxyl groups is 1. The largest absolute Gasteiger partial charge is 0.390 e. The van der Waals surface area contributed by atoms with Gasteiger partial charge < -0.3 is 26.0 Å². The van der Waals surface area contributed by atoms with Crippen molar-refractivity contribution in [2.45, 2.75) is 38.3 Å². The molecule has 1 heterocycles. The molecule has 4 rings (SSSR count). The monoisotopic (exact) mass is 544 g/mol. The molecule has 0 aliphatic carbocycles. The van der Waals surface area contributed by atoms with E-state index in [4.69, 9.17) is 0 Å². The summed E-state index contributed by atoms with van der Waals surface area (Å²) in [6.07, 6.45) is 4.67. The minimum Gasteiger partial charge on any atom is -0.390 e. The van der Waals surface area contributed by atoms with Gasteiger partial charge in [-0.25, -0.2) is 4.39 Å². The summed E-state index contributed by atoms with van der Waals surface area (Å²) in [6.45, 7) is 4.04. The van der Waals surface area contributed by atoms with Crippen molar-refractivity contribution in [3.8, 4) is 0 Å². The number of carbonyl (C=O) groups is 2. The van der Waals surface area contributed by atoms with Crippen LogP contribution in [0, 0.1) is 5.82 Å². The Kier molecular flexibility index (Phi) is 10.4.